The molecule has 0 bridgehead atoms. The van der Waals surface area contributed by atoms with Gasteiger partial charge in [0.15, 0.2) is 5.03 Å². The van der Waals surface area contributed by atoms with Crippen LogP contribution in [0.25, 0.3) is 11.0 Å². The van der Waals surface area contributed by atoms with Crippen molar-refractivity contribution in [1.29, 1.82) is 0 Å². The van der Waals surface area contributed by atoms with Gasteiger partial charge in [0.2, 0.25) is 0 Å². The summed E-state index contributed by atoms with van der Waals surface area (Å²) in [5, 5.41) is 0.0615. The van der Waals surface area contributed by atoms with Crippen molar-refractivity contribution in [3.05, 3.63) is 35.8 Å². The minimum Gasteiger partial charge on any atom is -0.337 e. The Kier molecular flexibility index (Phi) is 3.71. The third-order valence-corrected chi connectivity index (χ3v) is 5.72. The number of rotatable bonds is 4. The van der Waals surface area contributed by atoms with E-state index < -0.39 is 10.0 Å². The standard InChI is InChI=1S/C13H15N5O2S2/c1-9-14-13(8-17(9)2)22(19,20)18(3)7-10-4-5-11-12(6-10)16-21-15-11/h4-6,8H,7H2,1-3H3. The first-order chi connectivity index (χ1) is 10.4. The average molecular weight is 337 g/mol. The fourth-order valence-corrected chi connectivity index (χ4v) is 3.77. The van der Waals surface area contributed by atoms with Crippen molar-refractivity contribution in [2.45, 2.75) is 18.5 Å². The van der Waals surface area contributed by atoms with Crippen LogP contribution < -0.4 is 0 Å². The summed E-state index contributed by atoms with van der Waals surface area (Å²) in [5.74, 6) is 0.655. The average Bonchev–Trinajstić information content (AvgIpc) is 3.06. The van der Waals surface area contributed by atoms with Gasteiger partial charge in [-0.25, -0.2) is 13.4 Å². The minimum absolute atomic E-state index is 0.0615. The minimum atomic E-state index is -3.61. The van der Waals surface area contributed by atoms with Gasteiger partial charge in [0.05, 0.1) is 11.7 Å². The Labute approximate surface area is 132 Å². The van der Waals surface area contributed by atoms with E-state index in [-0.39, 0.29) is 11.6 Å². The number of benzene rings is 1. The second-order valence-corrected chi connectivity index (χ2v) is 7.61. The van der Waals surface area contributed by atoms with Crippen LogP contribution in [0.3, 0.4) is 0 Å². The highest BCUT2D eigenvalue weighted by molar-refractivity contribution is 7.89. The Morgan fingerprint density at radius 2 is 2.00 bits per heavy atom. The van der Waals surface area contributed by atoms with Crippen LogP contribution in [-0.2, 0) is 23.6 Å². The Balaban J connectivity index is 1.87. The molecule has 3 rings (SSSR count). The van der Waals surface area contributed by atoms with Gasteiger partial charge in [-0.2, -0.15) is 13.1 Å². The zero-order chi connectivity index (χ0) is 15.9. The van der Waals surface area contributed by atoms with Gasteiger partial charge in [-0.3, -0.25) is 0 Å². The summed E-state index contributed by atoms with van der Waals surface area (Å²) in [4.78, 5) is 4.10. The Hall–Kier alpha value is -1.84. The van der Waals surface area contributed by atoms with Crippen molar-refractivity contribution in [3.63, 3.8) is 0 Å². The predicted molar refractivity (Wildman–Crippen MR) is 84.0 cm³/mol. The van der Waals surface area contributed by atoms with Gasteiger partial charge in [-0.15, -0.1) is 0 Å². The first-order valence-electron chi connectivity index (χ1n) is 6.55. The Morgan fingerprint density at radius 1 is 1.27 bits per heavy atom. The van der Waals surface area contributed by atoms with E-state index in [2.05, 4.69) is 13.7 Å². The van der Waals surface area contributed by atoms with Crippen LogP contribution >= 0.6 is 11.7 Å². The van der Waals surface area contributed by atoms with Gasteiger partial charge in [0.1, 0.15) is 16.9 Å². The Bertz CT molecular complexity index is 909. The van der Waals surface area contributed by atoms with Crippen molar-refractivity contribution in [3.8, 4) is 0 Å². The molecule has 0 saturated heterocycles. The molecular formula is C13H15N5O2S2. The van der Waals surface area contributed by atoms with Gasteiger partial charge < -0.3 is 4.57 Å². The molecule has 0 saturated carbocycles. The van der Waals surface area contributed by atoms with Gasteiger partial charge >= 0.3 is 0 Å². The lowest BCUT2D eigenvalue weighted by atomic mass is 10.2. The molecule has 0 aliphatic heterocycles. The summed E-state index contributed by atoms with van der Waals surface area (Å²) >= 11 is 1.14. The molecule has 0 unspecified atom stereocenters. The number of hydrogen-bond donors (Lipinski definition) is 0. The summed E-state index contributed by atoms with van der Waals surface area (Å²) in [6.07, 6.45) is 1.52. The van der Waals surface area contributed by atoms with Gasteiger partial charge in [0.25, 0.3) is 10.0 Å². The normalized spacial score (nSPS) is 12.4. The summed E-state index contributed by atoms with van der Waals surface area (Å²) in [7, 11) is -0.298. The van der Waals surface area contributed by atoms with Crippen LogP contribution in [0.15, 0.2) is 29.4 Å². The van der Waals surface area contributed by atoms with E-state index >= 15 is 0 Å². The van der Waals surface area contributed by atoms with Crippen LogP contribution in [0.5, 0.6) is 0 Å². The van der Waals surface area contributed by atoms with E-state index in [1.165, 1.54) is 10.5 Å². The topological polar surface area (TPSA) is 81.0 Å². The highest BCUT2D eigenvalue weighted by Gasteiger charge is 2.24. The van der Waals surface area contributed by atoms with E-state index in [1.807, 2.05) is 18.2 Å². The maximum Gasteiger partial charge on any atom is 0.262 e. The second-order valence-electron chi connectivity index (χ2n) is 5.09. The molecule has 22 heavy (non-hydrogen) atoms. The first kappa shape index (κ1) is 15.1. The molecule has 3 aromatic rings. The number of aromatic nitrogens is 4. The van der Waals surface area contributed by atoms with Crippen molar-refractivity contribution >= 4 is 32.8 Å². The molecule has 0 N–H and O–H groups in total. The van der Waals surface area contributed by atoms with Crippen LogP contribution in [0.2, 0.25) is 0 Å². The monoisotopic (exact) mass is 337 g/mol. The number of imidazole rings is 1. The number of hydrogen-bond acceptors (Lipinski definition) is 6. The van der Waals surface area contributed by atoms with Crippen LogP contribution in [-0.4, -0.2) is 38.1 Å². The van der Waals surface area contributed by atoms with Gasteiger partial charge in [-0.05, 0) is 24.6 Å². The lowest BCUT2D eigenvalue weighted by Gasteiger charge is -2.15. The quantitative estimate of drug-likeness (QED) is 0.721. The largest absolute Gasteiger partial charge is 0.337 e. The van der Waals surface area contributed by atoms with Crippen molar-refractivity contribution < 1.29 is 8.42 Å². The summed E-state index contributed by atoms with van der Waals surface area (Å²) in [6.45, 7) is 2.02. The van der Waals surface area contributed by atoms with E-state index in [0.717, 1.165) is 28.3 Å². The molecule has 0 radical (unpaired) electrons. The van der Waals surface area contributed by atoms with Gasteiger partial charge in [-0.1, -0.05) is 6.07 Å². The maximum atomic E-state index is 12.5. The summed E-state index contributed by atoms with van der Waals surface area (Å²) < 4.78 is 36.4. The smallest absolute Gasteiger partial charge is 0.262 e. The SMILES string of the molecule is Cc1nc(S(=O)(=O)N(C)Cc2ccc3nsnc3c2)cn1C. The molecule has 0 aliphatic rings. The van der Waals surface area contributed by atoms with Crippen LogP contribution in [0, 0.1) is 6.92 Å². The van der Waals surface area contributed by atoms with Crippen molar-refractivity contribution in [2.24, 2.45) is 7.05 Å². The summed E-state index contributed by atoms with van der Waals surface area (Å²) in [6, 6.07) is 5.56. The molecule has 0 spiro atoms. The van der Waals surface area contributed by atoms with E-state index in [1.54, 1.807) is 25.6 Å². The van der Waals surface area contributed by atoms with E-state index in [0.29, 0.717) is 5.82 Å². The third-order valence-electron chi connectivity index (χ3n) is 3.48. The molecule has 9 heteroatoms. The maximum absolute atomic E-state index is 12.5. The zero-order valence-electron chi connectivity index (χ0n) is 12.4. The molecule has 2 heterocycles. The van der Waals surface area contributed by atoms with E-state index in [9.17, 15) is 8.42 Å². The summed E-state index contributed by atoms with van der Waals surface area (Å²) in [5.41, 5.74) is 2.46. The second kappa shape index (κ2) is 5.41. The number of sulfonamides is 1. The number of aryl methyl sites for hydroxylation is 2. The van der Waals surface area contributed by atoms with E-state index in [4.69, 9.17) is 0 Å². The molecule has 0 amide bonds. The molecule has 0 atom stereocenters. The number of fused-ring (bicyclic) bond motifs is 1. The van der Waals surface area contributed by atoms with Crippen LogP contribution in [0.4, 0.5) is 0 Å². The van der Waals surface area contributed by atoms with Gasteiger partial charge in [0, 0.05) is 26.8 Å². The number of nitrogens with zero attached hydrogens (tertiary/aromatic N) is 5. The van der Waals surface area contributed by atoms with Crippen LogP contribution in [0.1, 0.15) is 11.4 Å². The lowest BCUT2D eigenvalue weighted by Crippen LogP contribution is -2.26. The highest BCUT2D eigenvalue weighted by atomic mass is 32.2. The molecule has 0 fully saturated rings. The molecular weight excluding hydrogens is 322 g/mol. The lowest BCUT2D eigenvalue weighted by molar-refractivity contribution is 0.464. The van der Waals surface area contributed by atoms with Crippen molar-refractivity contribution in [2.75, 3.05) is 7.05 Å². The fraction of sp³-hybridized carbons (Fsp3) is 0.308. The Morgan fingerprint density at radius 3 is 2.68 bits per heavy atom. The van der Waals surface area contributed by atoms with Crippen molar-refractivity contribution in [1.82, 2.24) is 22.6 Å². The molecule has 7 nitrogen and oxygen atoms in total. The molecule has 2 aromatic heterocycles. The predicted octanol–water partition coefficient (Wildman–Crippen LogP) is 1.55. The first-order valence-corrected chi connectivity index (χ1v) is 8.72. The molecule has 0 aliphatic carbocycles. The highest BCUT2D eigenvalue weighted by Crippen LogP contribution is 2.18. The zero-order valence-corrected chi connectivity index (χ0v) is 14.0. The molecule has 1 aromatic carbocycles. The molecule has 116 valence electrons. The third kappa shape index (κ3) is 2.62. The fourth-order valence-electron chi connectivity index (χ4n) is 2.08.